The van der Waals surface area contributed by atoms with E-state index in [1.54, 1.807) is 20.3 Å². The van der Waals surface area contributed by atoms with Gasteiger partial charge in [0.15, 0.2) is 0 Å². The van der Waals surface area contributed by atoms with Crippen molar-refractivity contribution in [3.05, 3.63) is 46.3 Å². The summed E-state index contributed by atoms with van der Waals surface area (Å²) in [7, 11) is 3.20. The van der Waals surface area contributed by atoms with E-state index in [0.29, 0.717) is 12.3 Å². The number of hydrogen-bond acceptors (Lipinski definition) is 4. The van der Waals surface area contributed by atoms with Crippen molar-refractivity contribution in [2.75, 3.05) is 14.2 Å². The first-order valence-corrected chi connectivity index (χ1v) is 7.19. The molecule has 0 amide bonds. The van der Waals surface area contributed by atoms with Gasteiger partial charge < -0.3 is 9.47 Å². The third-order valence-electron chi connectivity index (χ3n) is 2.84. The van der Waals surface area contributed by atoms with Crippen molar-refractivity contribution in [2.45, 2.75) is 11.8 Å². The van der Waals surface area contributed by atoms with E-state index in [9.17, 15) is 0 Å². The summed E-state index contributed by atoms with van der Waals surface area (Å²) in [6, 6.07) is 7.50. The quantitative estimate of drug-likeness (QED) is 0.764. The molecular formula is C14H14BrClN2O2. The molecule has 1 atom stereocenters. The standard InChI is InChI=1S/C14H14BrClN2O2/c1-19-10-3-4-12(15)11(7-10)13(16)5-9-6-14(20-2)18-8-17-9/h3-4,6-8,13H,5H2,1-2H3. The molecule has 4 nitrogen and oxygen atoms in total. The maximum atomic E-state index is 6.48. The van der Waals surface area contributed by atoms with Gasteiger partial charge in [0.1, 0.15) is 12.1 Å². The Hall–Kier alpha value is -1.33. The lowest BCUT2D eigenvalue weighted by molar-refractivity contribution is 0.396. The smallest absolute Gasteiger partial charge is 0.216 e. The van der Waals surface area contributed by atoms with Crippen molar-refractivity contribution in [1.82, 2.24) is 9.97 Å². The lowest BCUT2D eigenvalue weighted by Crippen LogP contribution is -2.01. The van der Waals surface area contributed by atoms with Crippen LogP contribution in [-0.2, 0) is 6.42 Å². The highest BCUT2D eigenvalue weighted by Gasteiger charge is 2.15. The van der Waals surface area contributed by atoms with Crippen molar-refractivity contribution in [2.24, 2.45) is 0 Å². The van der Waals surface area contributed by atoms with E-state index in [1.165, 1.54) is 6.33 Å². The van der Waals surface area contributed by atoms with Gasteiger partial charge in [0.25, 0.3) is 0 Å². The third kappa shape index (κ3) is 3.61. The first kappa shape index (κ1) is 15.1. The average molecular weight is 358 g/mol. The Balaban J connectivity index is 2.20. The average Bonchev–Trinajstić information content (AvgIpc) is 2.47. The van der Waals surface area contributed by atoms with Crippen LogP contribution in [0.5, 0.6) is 11.6 Å². The van der Waals surface area contributed by atoms with Gasteiger partial charge in [-0.05, 0) is 23.8 Å². The van der Waals surface area contributed by atoms with Gasteiger partial charge in [0.2, 0.25) is 5.88 Å². The van der Waals surface area contributed by atoms with E-state index in [0.717, 1.165) is 21.5 Å². The summed E-state index contributed by atoms with van der Waals surface area (Å²) in [5.74, 6) is 1.30. The molecule has 6 heteroatoms. The molecule has 1 aromatic heterocycles. The topological polar surface area (TPSA) is 44.2 Å². The van der Waals surface area contributed by atoms with Gasteiger partial charge in [0.05, 0.1) is 19.6 Å². The number of methoxy groups -OCH3 is 2. The van der Waals surface area contributed by atoms with E-state index in [2.05, 4.69) is 25.9 Å². The lowest BCUT2D eigenvalue weighted by atomic mass is 10.1. The molecule has 1 heterocycles. The first-order chi connectivity index (χ1) is 9.63. The fourth-order valence-electron chi connectivity index (χ4n) is 1.78. The number of nitrogens with zero attached hydrogens (tertiary/aromatic N) is 2. The van der Waals surface area contributed by atoms with Gasteiger partial charge in [-0.1, -0.05) is 15.9 Å². The zero-order valence-electron chi connectivity index (χ0n) is 11.1. The molecule has 0 fully saturated rings. The maximum absolute atomic E-state index is 6.48. The fourth-order valence-corrected chi connectivity index (χ4v) is 2.78. The Morgan fingerprint density at radius 1 is 1.20 bits per heavy atom. The lowest BCUT2D eigenvalue weighted by Gasteiger charge is -2.13. The molecule has 0 spiro atoms. The molecule has 0 saturated heterocycles. The molecule has 0 aliphatic heterocycles. The van der Waals surface area contributed by atoms with Gasteiger partial charge >= 0.3 is 0 Å². The van der Waals surface area contributed by atoms with Gasteiger partial charge in [0, 0.05) is 22.7 Å². The minimum absolute atomic E-state index is 0.223. The molecule has 106 valence electrons. The van der Waals surface area contributed by atoms with Gasteiger partial charge in [-0.15, -0.1) is 11.6 Å². The minimum Gasteiger partial charge on any atom is -0.497 e. The highest BCUT2D eigenvalue weighted by molar-refractivity contribution is 9.10. The molecule has 1 aromatic carbocycles. The summed E-state index contributed by atoms with van der Waals surface area (Å²) in [5.41, 5.74) is 1.79. The molecule has 0 aliphatic carbocycles. The summed E-state index contributed by atoms with van der Waals surface area (Å²) in [6.45, 7) is 0. The summed E-state index contributed by atoms with van der Waals surface area (Å²) in [4.78, 5) is 8.18. The fraction of sp³-hybridized carbons (Fsp3) is 0.286. The predicted octanol–water partition coefficient (Wildman–Crippen LogP) is 3.78. The van der Waals surface area contributed by atoms with Crippen LogP contribution in [0, 0.1) is 0 Å². The molecule has 20 heavy (non-hydrogen) atoms. The summed E-state index contributed by atoms with van der Waals surface area (Å²) in [5, 5.41) is -0.223. The van der Waals surface area contributed by atoms with Crippen LogP contribution in [0.4, 0.5) is 0 Å². The number of alkyl halides is 1. The second-order valence-electron chi connectivity index (χ2n) is 4.11. The number of halogens is 2. The Morgan fingerprint density at radius 3 is 2.70 bits per heavy atom. The Kier molecular flexibility index (Phi) is 5.20. The molecule has 2 rings (SSSR count). The normalized spacial score (nSPS) is 12.0. The number of benzene rings is 1. The van der Waals surface area contributed by atoms with Crippen LogP contribution in [0.3, 0.4) is 0 Å². The minimum atomic E-state index is -0.223. The highest BCUT2D eigenvalue weighted by Crippen LogP contribution is 2.33. The SMILES string of the molecule is COc1ccc(Br)c(C(Cl)Cc2cc(OC)ncn2)c1. The molecule has 2 aromatic rings. The van der Waals surface area contributed by atoms with Gasteiger partial charge in [-0.3, -0.25) is 0 Å². The largest absolute Gasteiger partial charge is 0.497 e. The molecule has 0 saturated carbocycles. The number of hydrogen-bond donors (Lipinski definition) is 0. The first-order valence-electron chi connectivity index (χ1n) is 5.96. The number of aromatic nitrogens is 2. The van der Waals surface area contributed by atoms with Crippen LogP contribution < -0.4 is 9.47 Å². The second-order valence-corrected chi connectivity index (χ2v) is 5.49. The molecule has 0 aliphatic rings. The van der Waals surface area contributed by atoms with Gasteiger partial charge in [-0.25, -0.2) is 9.97 Å². The van der Waals surface area contributed by atoms with Crippen molar-refractivity contribution >= 4 is 27.5 Å². The summed E-state index contributed by atoms with van der Waals surface area (Å²) < 4.78 is 11.2. The van der Waals surface area contributed by atoms with Crippen LogP contribution in [0.2, 0.25) is 0 Å². The van der Waals surface area contributed by atoms with Crippen LogP contribution in [-0.4, -0.2) is 24.2 Å². The number of rotatable bonds is 5. The van der Waals surface area contributed by atoms with E-state index < -0.39 is 0 Å². The maximum Gasteiger partial charge on any atom is 0.216 e. The van der Waals surface area contributed by atoms with Crippen LogP contribution >= 0.6 is 27.5 Å². The zero-order valence-corrected chi connectivity index (χ0v) is 13.5. The molecule has 0 radical (unpaired) electrons. The van der Waals surface area contributed by atoms with Crippen molar-refractivity contribution in [3.63, 3.8) is 0 Å². The van der Waals surface area contributed by atoms with Crippen molar-refractivity contribution < 1.29 is 9.47 Å². The van der Waals surface area contributed by atoms with Crippen LogP contribution in [0.25, 0.3) is 0 Å². The monoisotopic (exact) mass is 356 g/mol. The van der Waals surface area contributed by atoms with Crippen LogP contribution in [0.1, 0.15) is 16.6 Å². The highest BCUT2D eigenvalue weighted by atomic mass is 79.9. The van der Waals surface area contributed by atoms with E-state index in [4.69, 9.17) is 21.1 Å². The molecule has 0 N–H and O–H groups in total. The molecule has 0 bridgehead atoms. The van der Waals surface area contributed by atoms with E-state index >= 15 is 0 Å². The zero-order chi connectivity index (χ0) is 14.5. The predicted molar refractivity (Wildman–Crippen MR) is 81.6 cm³/mol. The molecular weight excluding hydrogens is 344 g/mol. The van der Waals surface area contributed by atoms with E-state index in [1.807, 2.05) is 18.2 Å². The second kappa shape index (κ2) is 6.90. The van der Waals surface area contributed by atoms with Crippen molar-refractivity contribution in [1.29, 1.82) is 0 Å². The Bertz CT molecular complexity index is 595. The summed E-state index contributed by atoms with van der Waals surface area (Å²) in [6.07, 6.45) is 2.05. The third-order valence-corrected chi connectivity index (χ3v) is 3.95. The summed E-state index contributed by atoms with van der Waals surface area (Å²) >= 11 is 9.99. The van der Waals surface area contributed by atoms with Gasteiger partial charge in [-0.2, -0.15) is 0 Å². The Morgan fingerprint density at radius 2 is 2.00 bits per heavy atom. The van der Waals surface area contributed by atoms with Crippen LogP contribution in [0.15, 0.2) is 35.1 Å². The van der Waals surface area contributed by atoms with E-state index in [-0.39, 0.29) is 5.38 Å². The van der Waals surface area contributed by atoms with Crippen molar-refractivity contribution in [3.8, 4) is 11.6 Å². The Labute approximate surface area is 131 Å². The molecule has 1 unspecified atom stereocenters. The number of ether oxygens (including phenoxy) is 2.